The lowest BCUT2D eigenvalue weighted by molar-refractivity contribution is -0.141. The molecular formula is C12H12ClNO3. The summed E-state index contributed by atoms with van der Waals surface area (Å²) < 4.78 is 0. The average Bonchev–Trinajstić information content (AvgIpc) is 2.77. The van der Waals surface area contributed by atoms with Gasteiger partial charge in [-0.05, 0) is 25.0 Å². The Hall–Kier alpha value is -1.55. The molecule has 1 saturated heterocycles. The molecule has 1 atom stereocenters. The Morgan fingerprint density at radius 2 is 2.06 bits per heavy atom. The molecule has 0 unspecified atom stereocenters. The quantitative estimate of drug-likeness (QED) is 0.877. The fourth-order valence-electron chi connectivity index (χ4n) is 2.06. The van der Waals surface area contributed by atoms with E-state index in [2.05, 4.69) is 0 Å². The van der Waals surface area contributed by atoms with Crippen molar-refractivity contribution in [3.05, 3.63) is 34.9 Å². The molecule has 0 spiro atoms. The number of rotatable bonds is 2. The van der Waals surface area contributed by atoms with Gasteiger partial charge in [-0.3, -0.25) is 4.79 Å². The van der Waals surface area contributed by atoms with Gasteiger partial charge in [0.1, 0.15) is 6.04 Å². The van der Waals surface area contributed by atoms with E-state index in [4.69, 9.17) is 16.7 Å². The van der Waals surface area contributed by atoms with Gasteiger partial charge in [0.2, 0.25) is 0 Å². The molecule has 1 fully saturated rings. The number of benzene rings is 1. The number of halogens is 1. The molecule has 1 aliphatic heterocycles. The lowest BCUT2D eigenvalue weighted by atomic mass is 10.1. The molecular weight excluding hydrogens is 242 g/mol. The molecule has 0 radical (unpaired) electrons. The van der Waals surface area contributed by atoms with Gasteiger partial charge in [-0.15, -0.1) is 0 Å². The largest absolute Gasteiger partial charge is 0.480 e. The van der Waals surface area contributed by atoms with E-state index in [1.54, 1.807) is 24.3 Å². The van der Waals surface area contributed by atoms with Crippen LogP contribution in [0.2, 0.25) is 5.02 Å². The van der Waals surface area contributed by atoms with Crippen molar-refractivity contribution in [3.8, 4) is 0 Å². The molecule has 4 nitrogen and oxygen atoms in total. The summed E-state index contributed by atoms with van der Waals surface area (Å²) in [4.78, 5) is 24.5. The number of carboxylic acid groups (broad SMARTS) is 1. The van der Waals surface area contributed by atoms with Crippen LogP contribution in [0.4, 0.5) is 0 Å². The van der Waals surface area contributed by atoms with Gasteiger partial charge in [-0.25, -0.2) is 4.79 Å². The van der Waals surface area contributed by atoms with Crippen molar-refractivity contribution in [3.63, 3.8) is 0 Å². The normalized spacial score (nSPS) is 19.4. The van der Waals surface area contributed by atoms with Crippen LogP contribution < -0.4 is 0 Å². The Balaban J connectivity index is 2.26. The van der Waals surface area contributed by atoms with Gasteiger partial charge in [0.05, 0.1) is 10.6 Å². The molecule has 0 saturated carbocycles. The zero-order valence-electron chi connectivity index (χ0n) is 9.10. The molecule has 1 amide bonds. The third-order valence-electron chi connectivity index (χ3n) is 2.90. The van der Waals surface area contributed by atoms with Gasteiger partial charge in [0, 0.05) is 6.54 Å². The molecule has 1 aromatic rings. The highest BCUT2D eigenvalue weighted by Gasteiger charge is 2.34. The summed E-state index contributed by atoms with van der Waals surface area (Å²) in [6.45, 7) is 0.473. The first-order valence-corrected chi connectivity index (χ1v) is 5.77. The van der Waals surface area contributed by atoms with E-state index in [-0.39, 0.29) is 5.91 Å². The molecule has 1 N–H and O–H groups in total. The van der Waals surface area contributed by atoms with Gasteiger partial charge in [0.25, 0.3) is 5.91 Å². The molecule has 0 bridgehead atoms. The highest BCUT2D eigenvalue weighted by molar-refractivity contribution is 6.33. The maximum Gasteiger partial charge on any atom is 0.326 e. The van der Waals surface area contributed by atoms with E-state index in [0.29, 0.717) is 30.0 Å². The van der Waals surface area contributed by atoms with Gasteiger partial charge in [-0.1, -0.05) is 23.7 Å². The van der Waals surface area contributed by atoms with Gasteiger partial charge in [-0.2, -0.15) is 0 Å². The molecule has 0 aliphatic carbocycles. The minimum absolute atomic E-state index is 0.305. The SMILES string of the molecule is O=C(O)[C@H]1CCCN1C(=O)c1ccccc1Cl. The molecule has 2 rings (SSSR count). The number of aliphatic carboxylic acids is 1. The summed E-state index contributed by atoms with van der Waals surface area (Å²) in [5.74, 6) is -1.26. The zero-order valence-corrected chi connectivity index (χ0v) is 9.85. The number of carbonyl (C=O) groups excluding carboxylic acids is 1. The number of hydrogen-bond acceptors (Lipinski definition) is 2. The summed E-state index contributed by atoms with van der Waals surface area (Å²) in [5.41, 5.74) is 0.363. The molecule has 1 heterocycles. The average molecular weight is 254 g/mol. The van der Waals surface area contributed by atoms with Crippen LogP contribution in [0.5, 0.6) is 0 Å². The Labute approximate surface area is 104 Å². The van der Waals surface area contributed by atoms with Gasteiger partial charge in [0.15, 0.2) is 0 Å². The van der Waals surface area contributed by atoms with Crippen molar-refractivity contribution < 1.29 is 14.7 Å². The van der Waals surface area contributed by atoms with E-state index < -0.39 is 12.0 Å². The van der Waals surface area contributed by atoms with E-state index in [1.165, 1.54) is 4.90 Å². The molecule has 1 aromatic carbocycles. The standard InChI is InChI=1S/C12H12ClNO3/c13-9-5-2-1-4-8(9)11(15)14-7-3-6-10(14)12(16)17/h1-2,4-5,10H,3,6-7H2,(H,16,17)/t10-/m1/s1. The van der Waals surface area contributed by atoms with E-state index in [9.17, 15) is 9.59 Å². The maximum atomic E-state index is 12.2. The van der Waals surface area contributed by atoms with Crippen molar-refractivity contribution in [2.75, 3.05) is 6.54 Å². The number of carbonyl (C=O) groups is 2. The lowest BCUT2D eigenvalue weighted by Crippen LogP contribution is -2.40. The predicted molar refractivity (Wildman–Crippen MR) is 63.1 cm³/mol. The highest BCUT2D eigenvalue weighted by atomic mass is 35.5. The van der Waals surface area contributed by atoms with Gasteiger partial charge >= 0.3 is 5.97 Å². The van der Waals surface area contributed by atoms with Crippen LogP contribution in [-0.4, -0.2) is 34.5 Å². The number of carboxylic acids is 1. The predicted octanol–water partition coefficient (Wildman–Crippen LogP) is 2.03. The van der Waals surface area contributed by atoms with Gasteiger partial charge < -0.3 is 10.0 Å². The number of likely N-dealkylation sites (tertiary alicyclic amines) is 1. The fraction of sp³-hybridized carbons (Fsp3) is 0.333. The number of amides is 1. The second-order valence-corrected chi connectivity index (χ2v) is 4.38. The third kappa shape index (κ3) is 2.26. The summed E-state index contributed by atoms with van der Waals surface area (Å²) in [7, 11) is 0. The first-order valence-electron chi connectivity index (χ1n) is 5.39. The zero-order chi connectivity index (χ0) is 12.4. The monoisotopic (exact) mass is 253 g/mol. The summed E-state index contributed by atoms with van der Waals surface area (Å²) in [6.07, 6.45) is 1.22. The lowest BCUT2D eigenvalue weighted by Gasteiger charge is -2.21. The topological polar surface area (TPSA) is 57.6 Å². The molecule has 17 heavy (non-hydrogen) atoms. The number of hydrogen-bond donors (Lipinski definition) is 1. The Bertz CT molecular complexity index is 461. The van der Waals surface area contributed by atoms with E-state index in [0.717, 1.165) is 0 Å². The molecule has 90 valence electrons. The fourth-order valence-corrected chi connectivity index (χ4v) is 2.27. The first-order chi connectivity index (χ1) is 8.11. The van der Waals surface area contributed by atoms with Crippen molar-refractivity contribution in [2.45, 2.75) is 18.9 Å². The van der Waals surface area contributed by atoms with Crippen LogP contribution in [0.1, 0.15) is 23.2 Å². The Morgan fingerprint density at radius 3 is 2.71 bits per heavy atom. The highest BCUT2D eigenvalue weighted by Crippen LogP contribution is 2.23. The van der Waals surface area contributed by atoms with Crippen molar-refractivity contribution in [2.24, 2.45) is 0 Å². The second kappa shape index (κ2) is 4.75. The second-order valence-electron chi connectivity index (χ2n) is 3.97. The summed E-state index contributed by atoms with van der Waals surface area (Å²) >= 11 is 5.93. The van der Waals surface area contributed by atoms with Crippen molar-refractivity contribution in [1.82, 2.24) is 4.90 Å². The maximum absolute atomic E-state index is 12.2. The van der Waals surface area contributed by atoms with Crippen molar-refractivity contribution in [1.29, 1.82) is 0 Å². The van der Waals surface area contributed by atoms with Crippen molar-refractivity contribution >= 4 is 23.5 Å². The molecule has 5 heteroatoms. The van der Waals surface area contributed by atoms with Crippen LogP contribution in [0.3, 0.4) is 0 Å². The summed E-state index contributed by atoms with van der Waals surface area (Å²) in [6, 6.07) is 5.96. The van der Waals surface area contributed by atoms with Crippen LogP contribution in [0, 0.1) is 0 Å². The minimum atomic E-state index is -0.956. The Kier molecular flexibility index (Phi) is 3.33. The molecule has 1 aliphatic rings. The van der Waals surface area contributed by atoms with E-state index >= 15 is 0 Å². The third-order valence-corrected chi connectivity index (χ3v) is 3.23. The minimum Gasteiger partial charge on any atom is -0.480 e. The van der Waals surface area contributed by atoms with Crippen LogP contribution in [-0.2, 0) is 4.79 Å². The summed E-state index contributed by atoms with van der Waals surface area (Å²) in [5, 5.41) is 9.38. The van der Waals surface area contributed by atoms with Crippen LogP contribution in [0.15, 0.2) is 24.3 Å². The van der Waals surface area contributed by atoms with E-state index in [1.807, 2.05) is 0 Å². The van der Waals surface area contributed by atoms with Crippen LogP contribution in [0.25, 0.3) is 0 Å². The number of nitrogens with zero attached hydrogens (tertiary/aromatic N) is 1. The smallest absolute Gasteiger partial charge is 0.326 e. The Morgan fingerprint density at radius 1 is 1.35 bits per heavy atom. The first kappa shape index (κ1) is 11.9. The van der Waals surface area contributed by atoms with Crippen LogP contribution >= 0.6 is 11.6 Å². The molecule has 0 aromatic heterocycles.